The molecule has 0 fully saturated rings. The molecule has 1 atom stereocenters. The molecule has 0 heterocycles. The second-order valence-corrected chi connectivity index (χ2v) is 2.97. The molecule has 0 aromatic heterocycles. The van der Waals surface area contributed by atoms with Crippen LogP contribution in [0.4, 0.5) is 0 Å². The Hall–Kier alpha value is -1.32. The molecule has 0 spiro atoms. The Morgan fingerprint density at radius 3 is 2.42 bits per heavy atom. The quantitative estimate of drug-likeness (QED) is 0.592. The highest BCUT2D eigenvalue weighted by atomic mass is 16.1. The van der Waals surface area contributed by atoms with E-state index < -0.39 is 5.91 Å². The van der Waals surface area contributed by atoms with Crippen molar-refractivity contribution in [2.45, 2.75) is 19.3 Å². The number of carbonyl (C=O) groups is 2. The van der Waals surface area contributed by atoms with Crippen LogP contribution in [0.3, 0.4) is 0 Å². The normalized spacial score (nSPS) is 23.0. The Morgan fingerprint density at radius 1 is 1.42 bits per heavy atom. The van der Waals surface area contributed by atoms with Gasteiger partial charge in [0, 0.05) is 11.5 Å². The van der Waals surface area contributed by atoms with Crippen LogP contribution in [0.2, 0.25) is 0 Å². The number of rotatable bonds is 2. The van der Waals surface area contributed by atoms with Crippen molar-refractivity contribution in [3.05, 3.63) is 11.6 Å². The average molecular weight is 168 g/mol. The molecule has 4 heteroatoms. The van der Waals surface area contributed by atoms with Gasteiger partial charge in [-0.2, -0.15) is 0 Å². The first kappa shape index (κ1) is 8.77. The number of carbonyl (C=O) groups excluding carboxylic acids is 2. The van der Waals surface area contributed by atoms with Crippen LogP contribution in [-0.4, -0.2) is 11.8 Å². The van der Waals surface area contributed by atoms with Gasteiger partial charge in [0.1, 0.15) is 0 Å². The summed E-state index contributed by atoms with van der Waals surface area (Å²) in [5.41, 5.74) is 10.8. The third-order valence-corrected chi connectivity index (χ3v) is 2.13. The van der Waals surface area contributed by atoms with Gasteiger partial charge in [-0.25, -0.2) is 0 Å². The van der Waals surface area contributed by atoms with Crippen LogP contribution in [0.5, 0.6) is 0 Å². The van der Waals surface area contributed by atoms with Crippen molar-refractivity contribution >= 4 is 11.8 Å². The van der Waals surface area contributed by atoms with E-state index in [1.54, 1.807) is 6.08 Å². The Bertz CT molecular complexity index is 245. The molecular weight excluding hydrogens is 156 g/mol. The van der Waals surface area contributed by atoms with Crippen molar-refractivity contribution in [1.82, 2.24) is 0 Å². The summed E-state index contributed by atoms with van der Waals surface area (Å²) in [6.45, 7) is 0. The minimum absolute atomic E-state index is 0.118. The van der Waals surface area contributed by atoms with Crippen molar-refractivity contribution in [2.75, 3.05) is 0 Å². The van der Waals surface area contributed by atoms with Crippen LogP contribution < -0.4 is 11.5 Å². The Labute approximate surface area is 70.6 Å². The summed E-state index contributed by atoms with van der Waals surface area (Å²) in [5, 5.41) is 0. The third kappa shape index (κ3) is 1.84. The fourth-order valence-electron chi connectivity index (χ4n) is 1.32. The zero-order valence-corrected chi connectivity index (χ0v) is 6.75. The maximum Gasteiger partial charge on any atom is 0.244 e. The predicted octanol–water partition coefficient (Wildman–Crippen LogP) is -0.317. The van der Waals surface area contributed by atoms with Gasteiger partial charge in [0.25, 0.3) is 0 Å². The molecule has 0 saturated heterocycles. The summed E-state index contributed by atoms with van der Waals surface area (Å²) in [5.74, 6) is -0.805. The van der Waals surface area contributed by atoms with Crippen molar-refractivity contribution in [3.63, 3.8) is 0 Å². The van der Waals surface area contributed by atoms with Gasteiger partial charge in [0.15, 0.2) is 0 Å². The smallest absolute Gasteiger partial charge is 0.244 e. The van der Waals surface area contributed by atoms with E-state index in [9.17, 15) is 9.59 Å². The third-order valence-electron chi connectivity index (χ3n) is 2.13. The average Bonchev–Trinajstić information content (AvgIpc) is 2.04. The number of amides is 2. The van der Waals surface area contributed by atoms with E-state index in [0.717, 1.165) is 0 Å². The van der Waals surface area contributed by atoms with E-state index in [-0.39, 0.29) is 11.8 Å². The summed E-state index contributed by atoms with van der Waals surface area (Å²) >= 11 is 0. The summed E-state index contributed by atoms with van der Waals surface area (Å²) in [6, 6.07) is 0. The summed E-state index contributed by atoms with van der Waals surface area (Å²) in [7, 11) is 0. The van der Waals surface area contributed by atoms with Gasteiger partial charge in [-0.1, -0.05) is 6.08 Å². The van der Waals surface area contributed by atoms with E-state index in [1.165, 1.54) is 0 Å². The van der Waals surface area contributed by atoms with E-state index in [2.05, 4.69) is 0 Å². The van der Waals surface area contributed by atoms with Crippen molar-refractivity contribution in [3.8, 4) is 0 Å². The molecule has 4 nitrogen and oxygen atoms in total. The molecule has 66 valence electrons. The fraction of sp³-hybridized carbons (Fsp3) is 0.500. The largest absolute Gasteiger partial charge is 0.369 e. The van der Waals surface area contributed by atoms with E-state index >= 15 is 0 Å². The summed E-state index contributed by atoms with van der Waals surface area (Å²) < 4.78 is 0. The van der Waals surface area contributed by atoms with Crippen LogP contribution in [0, 0.1) is 5.92 Å². The highest BCUT2D eigenvalue weighted by Gasteiger charge is 2.20. The lowest BCUT2D eigenvalue weighted by molar-refractivity contribution is -0.122. The Morgan fingerprint density at radius 2 is 2.08 bits per heavy atom. The molecule has 0 radical (unpaired) electrons. The molecule has 1 aliphatic rings. The lowest BCUT2D eigenvalue weighted by atomic mass is 9.89. The fourth-order valence-corrected chi connectivity index (χ4v) is 1.32. The molecule has 0 aromatic carbocycles. The molecule has 12 heavy (non-hydrogen) atoms. The van der Waals surface area contributed by atoms with Crippen molar-refractivity contribution in [2.24, 2.45) is 17.4 Å². The number of allylic oxidation sites excluding steroid dienone is 1. The van der Waals surface area contributed by atoms with Crippen molar-refractivity contribution < 1.29 is 9.59 Å². The van der Waals surface area contributed by atoms with Gasteiger partial charge in [-0.15, -0.1) is 0 Å². The number of hydrogen-bond acceptors (Lipinski definition) is 2. The molecule has 1 unspecified atom stereocenters. The maximum atomic E-state index is 10.7. The summed E-state index contributed by atoms with van der Waals surface area (Å²) in [6.07, 6.45) is 3.47. The zero-order valence-electron chi connectivity index (χ0n) is 6.75. The number of nitrogens with two attached hydrogens (primary N) is 2. The highest BCUT2D eigenvalue weighted by molar-refractivity contribution is 5.92. The first-order chi connectivity index (χ1) is 5.61. The van der Waals surface area contributed by atoms with E-state index in [1.807, 2.05) is 0 Å². The van der Waals surface area contributed by atoms with Crippen LogP contribution in [-0.2, 0) is 9.59 Å². The maximum absolute atomic E-state index is 10.7. The molecule has 1 rings (SSSR count). The second-order valence-electron chi connectivity index (χ2n) is 2.97. The van der Waals surface area contributed by atoms with Gasteiger partial charge < -0.3 is 11.5 Å². The molecule has 1 aliphatic carbocycles. The molecule has 4 N–H and O–H groups in total. The number of hydrogen-bond donors (Lipinski definition) is 2. The standard InChI is InChI=1S/C8H12N2O2/c9-7(11)5-1-2-6(4-3-5)8(10)12/h1,6H,2-4H2,(H2,9,11)(H2,10,12). The van der Waals surface area contributed by atoms with E-state index in [0.29, 0.717) is 24.8 Å². The first-order valence-corrected chi connectivity index (χ1v) is 3.89. The molecule has 0 aliphatic heterocycles. The molecule has 0 bridgehead atoms. The highest BCUT2D eigenvalue weighted by Crippen LogP contribution is 2.22. The molecular formula is C8H12N2O2. The Balaban J connectivity index is 2.59. The van der Waals surface area contributed by atoms with Crippen molar-refractivity contribution in [1.29, 1.82) is 0 Å². The van der Waals surface area contributed by atoms with Gasteiger partial charge in [0.2, 0.25) is 11.8 Å². The minimum atomic E-state index is -0.391. The van der Waals surface area contributed by atoms with Gasteiger partial charge >= 0.3 is 0 Å². The monoisotopic (exact) mass is 168 g/mol. The molecule has 2 amide bonds. The van der Waals surface area contributed by atoms with Crippen LogP contribution in [0.25, 0.3) is 0 Å². The second kappa shape index (κ2) is 3.38. The van der Waals surface area contributed by atoms with Gasteiger partial charge in [-0.3, -0.25) is 9.59 Å². The lowest BCUT2D eigenvalue weighted by Crippen LogP contribution is -2.26. The van der Waals surface area contributed by atoms with Crippen LogP contribution >= 0.6 is 0 Å². The lowest BCUT2D eigenvalue weighted by Gasteiger charge is -2.16. The SMILES string of the molecule is NC(=O)C1=CCC(C(N)=O)CC1. The number of primary amides is 2. The van der Waals surface area contributed by atoms with Crippen LogP contribution in [0.15, 0.2) is 11.6 Å². The van der Waals surface area contributed by atoms with Crippen LogP contribution in [0.1, 0.15) is 19.3 Å². The predicted molar refractivity (Wildman–Crippen MR) is 43.8 cm³/mol. The molecule has 0 aromatic rings. The summed E-state index contributed by atoms with van der Waals surface area (Å²) in [4.78, 5) is 21.4. The first-order valence-electron chi connectivity index (χ1n) is 3.89. The molecule has 0 saturated carbocycles. The van der Waals surface area contributed by atoms with Gasteiger partial charge in [0.05, 0.1) is 0 Å². The van der Waals surface area contributed by atoms with E-state index in [4.69, 9.17) is 11.5 Å². The van der Waals surface area contributed by atoms with Gasteiger partial charge in [-0.05, 0) is 19.3 Å². The Kier molecular flexibility index (Phi) is 2.47. The topological polar surface area (TPSA) is 86.2 Å². The minimum Gasteiger partial charge on any atom is -0.369 e. The zero-order chi connectivity index (χ0) is 9.14.